The predicted octanol–water partition coefficient (Wildman–Crippen LogP) is 4.30. The number of benzene rings is 2. The van der Waals surface area contributed by atoms with Gasteiger partial charge in [0.25, 0.3) is 17.7 Å². The Labute approximate surface area is 350 Å². The quantitative estimate of drug-likeness (QED) is 0.354. The second kappa shape index (κ2) is 15.8. The van der Waals surface area contributed by atoms with Crippen molar-refractivity contribution in [3.05, 3.63) is 82.7 Å². The van der Waals surface area contributed by atoms with Crippen LogP contribution in [0.2, 0.25) is 0 Å². The van der Waals surface area contributed by atoms with E-state index < -0.39 is 47.1 Å². The molecule has 1 unspecified atom stereocenters. The number of piperazine rings is 1. The molecule has 1 atom stereocenters. The SMILES string of the molecule is N#Cc1ncc(N2CCC3(CCN(c4ccc(C(=O)N5CCN(C6CCN(c7ccc8c(c7)C(=O)N(C7CCC(=O)NC7=O)C8=O)CC6)CC5)cc4)CC3)C2)cc1C(F)(F)F. The highest BCUT2D eigenvalue weighted by Gasteiger charge is 2.45. The predicted molar refractivity (Wildman–Crippen MR) is 217 cm³/mol. The summed E-state index contributed by atoms with van der Waals surface area (Å²) in [5.74, 6) is -2.05. The summed E-state index contributed by atoms with van der Waals surface area (Å²) >= 11 is 0. The van der Waals surface area contributed by atoms with Crippen molar-refractivity contribution >= 4 is 46.6 Å². The number of hydrogen-bond donors (Lipinski definition) is 1. The Morgan fingerprint density at radius 2 is 1.39 bits per heavy atom. The first-order valence-electron chi connectivity index (χ1n) is 21.0. The van der Waals surface area contributed by atoms with Crippen LogP contribution in [0, 0.1) is 16.7 Å². The van der Waals surface area contributed by atoms with Crippen LogP contribution >= 0.6 is 0 Å². The van der Waals surface area contributed by atoms with Crippen molar-refractivity contribution in [1.29, 1.82) is 5.26 Å². The lowest BCUT2D eigenvalue weighted by Gasteiger charge is -2.43. The monoisotopic (exact) mass is 837 g/mol. The van der Waals surface area contributed by atoms with Gasteiger partial charge < -0.3 is 19.6 Å². The summed E-state index contributed by atoms with van der Waals surface area (Å²) in [6.07, 6.45) is 1.40. The van der Waals surface area contributed by atoms with E-state index in [4.69, 9.17) is 5.26 Å². The van der Waals surface area contributed by atoms with Crippen molar-refractivity contribution in [2.45, 2.75) is 63.2 Å². The zero-order valence-electron chi connectivity index (χ0n) is 33.6. The van der Waals surface area contributed by atoms with Gasteiger partial charge in [0.2, 0.25) is 11.8 Å². The molecule has 5 amide bonds. The van der Waals surface area contributed by atoms with E-state index in [0.29, 0.717) is 43.5 Å². The molecule has 3 aromatic rings. The molecule has 0 aliphatic carbocycles. The number of carbonyl (C=O) groups excluding carboxylic acids is 5. The number of aromatic nitrogens is 1. The number of imide groups is 2. The smallest absolute Gasteiger partial charge is 0.371 e. The number of hydrogen-bond acceptors (Lipinski definition) is 11. The van der Waals surface area contributed by atoms with Crippen molar-refractivity contribution in [3.63, 3.8) is 0 Å². The molecule has 1 aromatic heterocycles. The number of carbonyl (C=O) groups is 5. The van der Waals surface area contributed by atoms with E-state index >= 15 is 0 Å². The van der Waals surface area contributed by atoms with Crippen LogP contribution in [0.15, 0.2) is 54.7 Å². The standard InChI is InChI=1S/C44H46F3N9O5/c45-44(46,47)35-24-32(26-49-36(35)25-48)55-18-13-43(27-55)11-16-52(17-12-43)29-3-1-28(2-4-29)40(59)54-21-19-53(20-22-54)30-9-14-51(15-10-30)31-5-6-33-34(23-31)42(61)56(41(33)60)37-7-8-38(57)50-39(37)58/h1-6,23-24,26,30,37H,7-22,27H2,(H,50,57,58). The molecule has 14 nitrogen and oxygen atoms in total. The molecule has 7 heterocycles. The van der Waals surface area contributed by atoms with Crippen LogP contribution in [-0.4, -0.2) is 127 Å². The molecule has 5 fully saturated rings. The molecule has 0 bridgehead atoms. The number of nitrogens with zero attached hydrogens (tertiary/aromatic N) is 8. The number of piperidine rings is 3. The average molecular weight is 838 g/mol. The van der Waals surface area contributed by atoms with E-state index in [1.807, 2.05) is 40.1 Å². The summed E-state index contributed by atoms with van der Waals surface area (Å²) in [6, 6.07) is 15.0. The third-order valence-corrected chi connectivity index (χ3v) is 13.8. The van der Waals surface area contributed by atoms with Gasteiger partial charge in [0.1, 0.15) is 12.1 Å². The molecular weight excluding hydrogens is 792 g/mol. The lowest BCUT2D eigenvalue weighted by atomic mass is 9.77. The van der Waals surface area contributed by atoms with Gasteiger partial charge in [0.05, 0.1) is 28.6 Å². The van der Waals surface area contributed by atoms with Gasteiger partial charge in [0, 0.05) is 94.8 Å². The highest BCUT2D eigenvalue weighted by molar-refractivity contribution is 6.23. The molecular formula is C44H46F3N9O5. The highest BCUT2D eigenvalue weighted by atomic mass is 19.4. The number of pyridine rings is 1. The van der Waals surface area contributed by atoms with Gasteiger partial charge in [-0.25, -0.2) is 4.98 Å². The Morgan fingerprint density at radius 3 is 2.05 bits per heavy atom. The normalized spacial score (nSPS) is 22.5. The number of alkyl halides is 3. The number of fused-ring (bicyclic) bond motifs is 1. The Morgan fingerprint density at radius 1 is 0.754 bits per heavy atom. The Balaban J connectivity index is 0.732. The van der Waals surface area contributed by atoms with Crippen LogP contribution in [0.25, 0.3) is 0 Å². The fraction of sp³-hybridized carbons (Fsp3) is 0.477. The second-order valence-corrected chi connectivity index (χ2v) is 17.1. The third kappa shape index (κ3) is 7.66. The second-order valence-electron chi connectivity index (χ2n) is 17.1. The van der Waals surface area contributed by atoms with E-state index in [-0.39, 0.29) is 35.3 Å². The third-order valence-electron chi connectivity index (χ3n) is 13.8. The maximum Gasteiger partial charge on any atom is 0.419 e. The van der Waals surface area contributed by atoms with Crippen molar-refractivity contribution in [2.75, 3.05) is 80.1 Å². The van der Waals surface area contributed by atoms with Crippen LogP contribution < -0.4 is 20.0 Å². The van der Waals surface area contributed by atoms with Gasteiger partial charge in [-0.1, -0.05) is 0 Å². The fourth-order valence-electron chi connectivity index (χ4n) is 10.2. The molecule has 5 saturated heterocycles. The first-order valence-corrected chi connectivity index (χ1v) is 21.0. The maximum atomic E-state index is 13.6. The lowest BCUT2D eigenvalue weighted by molar-refractivity contribution is -0.138. The number of amides is 5. The van der Waals surface area contributed by atoms with E-state index in [0.717, 1.165) is 93.7 Å². The molecule has 9 rings (SSSR count). The average Bonchev–Trinajstić information content (AvgIpc) is 3.80. The Kier molecular flexibility index (Phi) is 10.5. The van der Waals surface area contributed by atoms with E-state index in [1.54, 1.807) is 18.2 Å². The summed E-state index contributed by atoms with van der Waals surface area (Å²) in [5, 5.41) is 11.4. The topological polar surface area (TPSA) is 154 Å². The summed E-state index contributed by atoms with van der Waals surface area (Å²) < 4.78 is 40.7. The molecule has 6 aliphatic rings. The van der Waals surface area contributed by atoms with Gasteiger partial charge in [0.15, 0.2) is 5.69 Å². The number of nitrogens with one attached hydrogen (secondary N) is 1. The van der Waals surface area contributed by atoms with Crippen molar-refractivity contribution in [1.82, 2.24) is 25.0 Å². The van der Waals surface area contributed by atoms with Gasteiger partial charge in [-0.3, -0.25) is 39.1 Å². The number of anilines is 3. The number of rotatable bonds is 6. The summed E-state index contributed by atoms with van der Waals surface area (Å²) in [5.41, 5.74) is 1.86. The summed E-state index contributed by atoms with van der Waals surface area (Å²) in [4.78, 5) is 79.8. The lowest BCUT2D eigenvalue weighted by Crippen LogP contribution is -2.54. The van der Waals surface area contributed by atoms with Crippen LogP contribution in [-0.2, 0) is 15.8 Å². The van der Waals surface area contributed by atoms with Crippen LogP contribution in [0.1, 0.15) is 87.3 Å². The minimum atomic E-state index is -4.65. The minimum absolute atomic E-state index is 0.00452. The summed E-state index contributed by atoms with van der Waals surface area (Å²) in [7, 11) is 0. The van der Waals surface area contributed by atoms with Crippen molar-refractivity contribution in [3.8, 4) is 6.07 Å². The van der Waals surface area contributed by atoms with E-state index in [9.17, 15) is 37.1 Å². The number of nitriles is 1. The minimum Gasteiger partial charge on any atom is -0.371 e. The van der Waals surface area contributed by atoms with Gasteiger partial charge in [-0.15, -0.1) is 0 Å². The van der Waals surface area contributed by atoms with Gasteiger partial charge >= 0.3 is 6.18 Å². The Hall–Kier alpha value is -6.02. The molecule has 17 heteroatoms. The van der Waals surface area contributed by atoms with Crippen LogP contribution in [0.4, 0.5) is 30.2 Å². The number of halogens is 3. The Bertz CT molecular complexity index is 2310. The maximum absolute atomic E-state index is 13.6. The van der Waals surface area contributed by atoms with E-state index in [1.165, 1.54) is 6.20 Å². The van der Waals surface area contributed by atoms with Gasteiger partial charge in [-0.2, -0.15) is 18.4 Å². The molecule has 61 heavy (non-hydrogen) atoms. The summed E-state index contributed by atoms with van der Waals surface area (Å²) in [6.45, 7) is 7.25. The molecule has 6 aliphatic heterocycles. The van der Waals surface area contributed by atoms with Crippen LogP contribution in [0.5, 0.6) is 0 Å². The molecule has 318 valence electrons. The molecule has 1 spiro atoms. The van der Waals surface area contributed by atoms with E-state index in [2.05, 4.69) is 25.0 Å². The molecule has 1 N–H and O–H groups in total. The first-order chi connectivity index (χ1) is 29.3. The van der Waals surface area contributed by atoms with Crippen molar-refractivity contribution < 1.29 is 37.1 Å². The highest BCUT2D eigenvalue weighted by Crippen LogP contribution is 2.44. The molecule has 0 radical (unpaired) electrons. The largest absolute Gasteiger partial charge is 0.419 e. The zero-order valence-corrected chi connectivity index (χ0v) is 33.6. The zero-order chi connectivity index (χ0) is 42.6. The van der Waals surface area contributed by atoms with Gasteiger partial charge in [-0.05, 0) is 92.5 Å². The van der Waals surface area contributed by atoms with Crippen LogP contribution in [0.3, 0.4) is 0 Å². The molecule has 0 saturated carbocycles. The molecule has 2 aromatic carbocycles. The first kappa shape index (κ1) is 40.4. The van der Waals surface area contributed by atoms with Crippen molar-refractivity contribution in [2.24, 2.45) is 5.41 Å². The fourth-order valence-corrected chi connectivity index (χ4v) is 10.2.